The molecule has 5 nitrogen and oxygen atoms in total. The van der Waals surface area contributed by atoms with E-state index in [2.05, 4.69) is 15.1 Å². The van der Waals surface area contributed by atoms with Gasteiger partial charge in [-0.1, -0.05) is 0 Å². The predicted octanol–water partition coefficient (Wildman–Crippen LogP) is 2.65. The number of rotatable bonds is 1. The fourth-order valence-corrected chi connectivity index (χ4v) is 1.72. The molecule has 3 aromatic rings. The lowest BCUT2D eigenvalue weighted by molar-refractivity contribution is 0.473. The average molecular weight is 299 g/mol. The Balaban J connectivity index is 0.000000902. The number of halogens is 2. The summed E-state index contributed by atoms with van der Waals surface area (Å²) >= 11 is 0. The van der Waals surface area contributed by atoms with Crippen molar-refractivity contribution in [2.75, 3.05) is 0 Å². The number of aromatic hydroxyl groups is 1. The van der Waals surface area contributed by atoms with Crippen LogP contribution in [0.5, 0.6) is 5.75 Å². The van der Waals surface area contributed by atoms with Crippen LogP contribution in [-0.2, 0) is 0 Å². The van der Waals surface area contributed by atoms with Crippen LogP contribution in [-0.4, -0.2) is 24.7 Å². The zero-order valence-electron chi connectivity index (χ0n) is 10.0. The molecule has 0 unspecified atom stereocenters. The Morgan fingerprint density at radius 3 is 2.68 bits per heavy atom. The SMILES string of the molecule is Cc1cn2nc(-c3cncc(O)c3)ccc2n1.Cl.Cl. The number of aromatic nitrogens is 4. The van der Waals surface area contributed by atoms with Crippen molar-refractivity contribution in [2.45, 2.75) is 6.92 Å². The van der Waals surface area contributed by atoms with Crippen LogP contribution >= 0.6 is 24.8 Å². The monoisotopic (exact) mass is 298 g/mol. The van der Waals surface area contributed by atoms with Gasteiger partial charge in [0.2, 0.25) is 0 Å². The van der Waals surface area contributed by atoms with Crippen molar-refractivity contribution in [1.82, 2.24) is 19.6 Å². The molecule has 3 aromatic heterocycles. The Morgan fingerprint density at radius 2 is 1.95 bits per heavy atom. The molecule has 0 radical (unpaired) electrons. The average Bonchev–Trinajstić information content (AvgIpc) is 2.68. The molecule has 0 aliphatic heterocycles. The zero-order chi connectivity index (χ0) is 11.8. The number of nitrogens with zero attached hydrogens (tertiary/aromatic N) is 4. The summed E-state index contributed by atoms with van der Waals surface area (Å²) in [6, 6.07) is 5.38. The van der Waals surface area contributed by atoms with Gasteiger partial charge in [-0.2, -0.15) is 5.10 Å². The second-order valence-electron chi connectivity index (χ2n) is 3.84. The maximum absolute atomic E-state index is 9.38. The second kappa shape index (κ2) is 5.86. The Kier molecular flexibility index (Phi) is 4.69. The van der Waals surface area contributed by atoms with Gasteiger partial charge in [0.05, 0.1) is 23.8 Å². The summed E-state index contributed by atoms with van der Waals surface area (Å²) in [5.41, 5.74) is 3.25. The lowest BCUT2D eigenvalue weighted by Crippen LogP contribution is -1.93. The van der Waals surface area contributed by atoms with Gasteiger partial charge in [-0.15, -0.1) is 24.8 Å². The summed E-state index contributed by atoms with van der Waals surface area (Å²) in [5.74, 6) is 0.131. The molecular formula is C12H12Cl2N4O. The topological polar surface area (TPSA) is 63.3 Å². The quantitative estimate of drug-likeness (QED) is 0.750. The van der Waals surface area contributed by atoms with E-state index in [1.807, 2.05) is 25.3 Å². The van der Waals surface area contributed by atoms with Crippen LogP contribution in [0.3, 0.4) is 0 Å². The smallest absolute Gasteiger partial charge is 0.153 e. The van der Waals surface area contributed by atoms with E-state index in [-0.39, 0.29) is 30.6 Å². The molecule has 0 saturated carbocycles. The Bertz CT molecular complexity index is 699. The Hall–Kier alpha value is -1.85. The van der Waals surface area contributed by atoms with E-state index in [4.69, 9.17) is 0 Å². The van der Waals surface area contributed by atoms with Crippen LogP contribution < -0.4 is 0 Å². The summed E-state index contributed by atoms with van der Waals surface area (Å²) in [6.45, 7) is 1.92. The molecule has 0 spiro atoms. The van der Waals surface area contributed by atoms with Crippen molar-refractivity contribution >= 4 is 30.5 Å². The van der Waals surface area contributed by atoms with E-state index < -0.39 is 0 Å². The number of hydrogen-bond acceptors (Lipinski definition) is 4. The van der Waals surface area contributed by atoms with E-state index in [0.717, 1.165) is 22.6 Å². The van der Waals surface area contributed by atoms with E-state index in [9.17, 15) is 5.11 Å². The largest absolute Gasteiger partial charge is 0.506 e. The number of imidazole rings is 1. The van der Waals surface area contributed by atoms with Gasteiger partial charge in [0.15, 0.2) is 5.65 Å². The summed E-state index contributed by atoms with van der Waals surface area (Å²) in [4.78, 5) is 8.23. The fraction of sp³-hybridized carbons (Fsp3) is 0.0833. The molecule has 0 amide bonds. The third kappa shape index (κ3) is 2.94. The molecule has 0 bridgehead atoms. The predicted molar refractivity (Wildman–Crippen MR) is 77.1 cm³/mol. The molecule has 100 valence electrons. The fourth-order valence-electron chi connectivity index (χ4n) is 1.72. The molecule has 0 aromatic carbocycles. The van der Waals surface area contributed by atoms with Gasteiger partial charge in [0.1, 0.15) is 5.75 Å². The first-order valence-corrected chi connectivity index (χ1v) is 5.20. The maximum Gasteiger partial charge on any atom is 0.153 e. The van der Waals surface area contributed by atoms with Crippen LogP contribution in [0.15, 0.2) is 36.8 Å². The number of pyridine rings is 1. The minimum Gasteiger partial charge on any atom is -0.506 e. The van der Waals surface area contributed by atoms with Crippen molar-refractivity contribution < 1.29 is 5.11 Å². The first-order valence-electron chi connectivity index (χ1n) is 5.20. The van der Waals surface area contributed by atoms with Crippen molar-refractivity contribution in [3.63, 3.8) is 0 Å². The maximum atomic E-state index is 9.38. The van der Waals surface area contributed by atoms with Gasteiger partial charge >= 0.3 is 0 Å². The normalized spacial score (nSPS) is 9.74. The van der Waals surface area contributed by atoms with Crippen LogP contribution in [0.2, 0.25) is 0 Å². The van der Waals surface area contributed by atoms with E-state index in [0.29, 0.717) is 0 Å². The van der Waals surface area contributed by atoms with Gasteiger partial charge in [-0.05, 0) is 25.1 Å². The van der Waals surface area contributed by atoms with Gasteiger partial charge in [0, 0.05) is 11.8 Å². The molecule has 0 aliphatic carbocycles. The highest BCUT2D eigenvalue weighted by molar-refractivity contribution is 5.85. The molecule has 7 heteroatoms. The number of aryl methyl sites for hydroxylation is 1. The summed E-state index contributed by atoms with van der Waals surface area (Å²) in [7, 11) is 0. The van der Waals surface area contributed by atoms with E-state index >= 15 is 0 Å². The summed E-state index contributed by atoms with van der Waals surface area (Å²) in [6.07, 6.45) is 4.91. The van der Waals surface area contributed by atoms with Crippen molar-refractivity contribution in [3.05, 3.63) is 42.5 Å². The standard InChI is InChI=1S/C12H10N4O.2ClH/c1-8-7-16-12(14-8)3-2-11(15-16)9-4-10(17)6-13-5-9;;/h2-7,17H,1H3;2*1H. The third-order valence-electron chi connectivity index (χ3n) is 2.46. The minimum atomic E-state index is 0. The highest BCUT2D eigenvalue weighted by atomic mass is 35.5. The van der Waals surface area contributed by atoms with E-state index in [1.54, 1.807) is 16.8 Å². The van der Waals surface area contributed by atoms with Crippen LogP contribution in [0.25, 0.3) is 16.9 Å². The molecule has 19 heavy (non-hydrogen) atoms. The Labute approximate surface area is 122 Å². The van der Waals surface area contributed by atoms with Crippen LogP contribution in [0.4, 0.5) is 0 Å². The third-order valence-corrected chi connectivity index (χ3v) is 2.46. The number of fused-ring (bicyclic) bond motifs is 1. The Morgan fingerprint density at radius 1 is 1.16 bits per heavy atom. The van der Waals surface area contributed by atoms with Crippen molar-refractivity contribution in [1.29, 1.82) is 0 Å². The molecule has 0 atom stereocenters. The summed E-state index contributed by atoms with van der Waals surface area (Å²) < 4.78 is 1.72. The molecular weight excluding hydrogens is 287 g/mol. The van der Waals surface area contributed by atoms with E-state index in [1.165, 1.54) is 6.20 Å². The van der Waals surface area contributed by atoms with Gasteiger partial charge in [-0.25, -0.2) is 9.50 Å². The highest BCUT2D eigenvalue weighted by Crippen LogP contribution is 2.20. The molecule has 3 heterocycles. The lowest BCUT2D eigenvalue weighted by Gasteiger charge is -2.01. The minimum absolute atomic E-state index is 0. The van der Waals surface area contributed by atoms with Crippen LogP contribution in [0.1, 0.15) is 5.69 Å². The molecule has 0 saturated heterocycles. The second-order valence-corrected chi connectivity index (χ2v) is 3.84. The van der Waals surface area contributed by atoms with Crippen molar-refractivity contribution in [2.24, 2.45) is 0 Å². The van der Waals surface area contributed by atoms with Gasteiger partial charge < -0.3 is 5.11 Å². The first kappa shape index (κ1) is 15.2. The lowest BCUT2D eigenvalue weighted by atomic mass is 10.2. The summed E-state index contributed by atoms with van der Waals surface area (Å²) in [5, 5.41) is 13.8. The van der Waals surface area contributed by atoms with Crippen molar-refractivity contribution in [3.8, 4) is 17.0 Å². The number of hydrogen-bond donors (Lipinski definition) is 1. The molecule has 0 fully saturated rings. The van der Waals surface area contributed by atoms with Gasteiger partial charge in [-0.3, -0.25) is 4.98 Å². The first-order chi connectivity index (χ1) is 8.22. The zero-order valence-corrected chi connectivity index (χ0v) is 11.6. The highest BCUT2D eigenvalue weighted by Gasteiger charge is 2.04. The van der Waals surface area contributed by atoms with Crippen LogP contribution in [0, 0.1) is 6.92 Å². The molecule has 3 rings (SSSR count). The molecule has 1 N–H and O–H groups in total. The molecule has 0 aliphatic rings. The van der Waals surface area contributed by atoms with Gasteiger partial charge in [0.25, 0.3) is 0 Å².